The van der Waals surface area contributed by atoms with Crippen molar-refractivity contribution in [1.82, 2.24) is 24.8 Å². The summed E-state index contributed by atoms with van der Waals surface area (Å²) in [4.78, 5) is 36.7. The number of imidazole rings is 1. The largest absolute Gasteiger partial charge is 0.456 e. The van der Waals surface area contributed by atoms with Gasteiger partial charge in [-0.2, -0.15) is 0 Å². The molecular weight excluding hydrogens is 400 g/mol. The lowest BCUT2D eigenvalue weighted by molar-refractivity contribution is -0.138. The zero-order chi connectivity index (χ0) is 22.6. The number of amides is 3. The number of carbonyl (C=O) groups excluding carboxylic acids is 2. The first kappa shape index (κ1) is 21.9. The molecule has 0 saturated carbocycles. The smallest absolute Gasteiger partial charge is 0.327 e. The van der Waals surface area contributed by atoms with Gasteiger partial charge in [-0.05, 0) is 39.0 Å². The summed E-state index contributed by atoms with van der Waals surface area (Å²) in [6, 6.07) is 6.04. The van der Waals surface area contributed by atoms with Crippen LogP contribution in [0.1, 0.15) is 19.7 Å². The van der Waals surface area contributed by atoms with Gasteiger partial charge in [0.15, 0.2) is 0 Å². The number of methoxy groups -OCH3 is 1. The fourth-order valence-corrected chi connectivity index (χ4v) is 2.50. The van der Waals surface area contributed by atoms with E-state index in [-0.39, 0.29) is 5.82 Å². The Kier molecular flexibility index (Phi) is 6.30. The van der Waals surface area contributed by atoms with E-state index in [0.29, 0.717) is 11.5 Å². The monoisotopic (exact) mass is 424 g/mol. The number of nitrogens with one attached hydrogen (secondary N) is 2. The first-order valence-corrected chi connectivity index (χ1v) is 9.46. The van der Waals surface area contributed by atoms with Crippen molar-refractivity contribution in [3.8, 4) is 22.9 Å². The summed E-state index contributed by atoms with van der Waals surface area (Å²) in [5.41, 5.74) is 0.477. The number of pyridine rings is 2. The van der Waals surface area contributed by atoms with Crippen LogP contribution in [0.3, 0.4) is 0 Å². The van der Waals surface area contributed by atoms with Crippen LogP contribution in [-0.2, 0) is 16.6 Å². The number of anilines is 1. The molecule has 31 heavy (non-hydrogen) atoms. The van der Waals surface area contributed by atoms with Gasteiger partial charge in [-0.15, -0.1) is 0 Å². The molecule has 0 saturated heterocycles. The molecule has 3 aromatic heterocycles. The minimum absolute atomic E-state index is 0.258. The molecule has 0 aliphatic rings. The van der Waals surface area contributed by atoms with E-state index >= 15 is 0 Å². The number of rotatable bonds is 6. The number of carbonyl (C=O) groups is 2. The van der Waals surface area contributed by atoms with E-state index in [9.17, 15) is 9.59 Å². The highest BCUT2D eigenvalue weighted by molar-refractivity contribution is 6.03. The lowest BCUT2D eigenvalue weighted by Gasteiger charge is -2.20. The van der Waals surface area contributed by atoms with Crippen molar-refractivity contribution >= 4 is 17.8 Å². The summed E-state index contributed by atoms with van der Waals surface area (Å²) in [5.74, 6) is 1.63. The minimum atomic E-state index is -1.12. The lowest BCUT2D eigenvalue weighted by Crippen LogP contribution is -2.47. The highest BCUT2D eigenvalue weighted by atomic mass is 16.5. The molecule has 3 heterocycles. The van der Waals surface area contributed by atoms with E-state index in [4.69, 9.17) is 9.47 Å². The molecule has 2 N–H and O–H groups in total. The zero-order valence-corrected chi connectivity index (χ0v) is 18.0. The van der Waals surface area contributed by atoms with Gasteiger partial charge in [0.1, 0.15) is 28.7 Å². The predicted molar refractivity (Wildman–Crippen MR) is 114 cm³/mol. The number of ether oxygens (including phenoxy) is 2. The summed E-state index contributed by atoms with van der Waals surface area (Å²) in [6.45, 7) is 5.03. The molecule has 162 valence electrons. The second-order valence-electron chi connectivity index (χ2n) is 7.23. The number of hydrogen-bond donors (Lipinski definition) is 2. The molecule has 0 radical (unpaired) electrons. The molecule has 3 rings (SSSR count). The van der Waals surface area contributed by atoms with E-state index in [0.717, 1.165) is 17.2 Å². The number of hydrogen-bond acceptors (Lipinski definition) is 7. The Hall–Kier alpha value is -3.79. The van der Waals surface area contributed by atoms with Crippen molar-refractivity contribution in [2.75, 3.05) is 12.4 Å². The molecule has 0 unspecified atom stereocenters. The van der Waals surface area contributed by atoms with Crippen LogP contribution in [0.5, 0.6) is 11.5 Å². The topological polar surface area (TPSA) is 120 Å². The maximum atomic E-state index is 12.0. The lowest BCUT2D eigenvalue weighted by atomic mass is 10.1. The van der Waals surface area contributed by atoms with Crippen molar-refractivity contribution in [3.63, 3.8) is 0 Å². The maximum Gasteiger partial charge on any atom is 0.327 e. The SMILES string of the molecule is COC(C)(C)C(=O)NC(=O)Nc1ccc(Oc2ccnc(-c3cnc(C)n3C)c2)cn1. The molecule has 0 aliphatic carbocycles. The van der Waals surface area contributed by atoms with Gasteiger partial charge >= 0.3 is 6.03 Å². The second kappa shape index (κ2) is 8.92. The molecule has 10 nitrogen and oxygen atoms in total. The van der Waals surface area contributed by atoms with Crippen LogP contribution in [-0.4, -0.2) is 44.2 Å². The maximum absolute atomic E-state index is 12.0. The van der Waals surface area contributed by atoms with E-state index in [2.05, 4.69) is 25.6 Å². The third kappa shape index (κ3) is 5.23. The zero-order valence-electron chi connectivity index (χ0n) is 18.0. The van der Waals surface area contributed by atoms with E-state index in [1.807, 2.05) is 18.5 Å². The summed E-state index contributed by atoms with van der Waals surface area (Å²) in [6.07, 6.45) is 4.87. The Bertz CT molecular complexity index is 1090. The molecule has 0 aliphatic heterocycles. The number of aryl methyl sites for hydroxylation is 1. The van der Waals surface area contributed by atoms with E-state index in [1.54, 1.807) is 50.5 Å². The van der Waals surface area contributed by atoms with Gasteiger partial charge < -0.3 is 14.0 Å². The highest BCUT2D eigenvalue weighted by Gasteiger charge is 2.28. The second-order valence-corrected chi connectivity index (χ2v) is 7.23. The fourth-order valence-electron chi connectivity index (χ4n) is 2.50. The van der Waals surface area contributed by atoms with Crippen molar-refractivity contribution < 1.29 is 19.1 Å². The van der Waals surface area contributed by atoms with Crippen molar-refractivity contribution in [1.29, 1.82) is 0 Å². The molecule has 0 atom stereocenters. The normalized spacial score (nSPS) is 11.1. The average Bonchev–Trinajstić information content (AvgIpc) is 3.08. The highest BCUT2D eigenvalue weighted by Crippen LogP contribution is 2.26. The molecule has 3 aromatic rings. The number of imide groups is 1. The van der Waals surface area contributed by atoms with Gasteiger partial charge in [-0.1, -0.05) is 0 Å². The van der Waals surface area contributed by atoms with Crippen LogP contribution in [0, 0.1) is 6.92 Å². The van der Waals surface area contributed by atoms with Crippen LogP contribution >= 0.6 is 0 Å². The van der Waals surface area contributed by atoms with Crippen LogP contribution < -0.4 is 15.4 Å². The fraction of sp³-hybridized carbons (Fsp3) is 0.286. The standard InChI is InChI=1S/C21H24N6O4/c1-13-23-12-17(27(13)4)16-10-14(8-9-22-16)31-15-6-7-18(24-11-15)25-20(29)26-19(28)21(2,3)30-5/h6-12H,1-5H3,(H2,24,25,26,28,29). The third-order valence-electron chi connectivity index (χ3n) is 4.71. The molecule has 0 fully saturated rings. The predicted octanol–water partition coefficient (Wildman–Crippen LogP) is 3.05. The number of urea groups is 1. The minimum Gasteiger partial charge on any atom is -0.456 e. The van der Waals surface area contributed by atoms with Crippen molar-refractivity contribution in [2.24, 2.45) is 7.05 Å². The molecule has 0 spiro atoms. The van der Waals surface area contributed by atoms with Crippen molar-refractivity contribution in [2.45, 2.75) is 26.4 Å². The Labute approximate surface area is 179 Å². The average molecular weight is 424 g/mol. The molecular formula is C21H24N6O4. The number of aromatic nitrogens is 4. The summed E-state index contributed by atoms with van der Waals surface area (Å²) >= 11 is 0. The molecule has 0 aromatic carbocycles. The molecule has 3 amide bonds. The van der Waals surface area contributed by atoms with Gasteiger partial charge in [0.05, 0.1) is 23.8 Å². The van der Waals surface area contributed by atoms with Gasteiger partial charge in [-0.3, -0.25) is 20.4 Å². The summed E-state index contributed by atoms with van der Waals surface area (Å²) in [7, 11) is 3.31. The van der Waals surface area contributed by atoms with E-state index < -0.39 is 17.5 Å². The van der Waals surface area contributed by atoms with Crippen molar-refractivity contribution in [3.05, 3.63) is 48.7 Å². The molecule has 0 bridgehead atoms. The first-order chi connectivity index (χ1) is 14.7. The van der Waals surface area contributed by atoms with Crippen LogP contribution in [0.25, 0.3) is 11.4 Å². The van der Waals surface area contributed by atoms with Crippen LogP contribution in [0.15, 0.2) is 42.9 Å². The first-order valence-electron chi connectivity index (χ1n) is 9.46. The Balaban J connectivity index is 1.63. The summed E-state index contributed by atoms with van der Waals surface area (Å²) < 4.78 is 12.8. The Morgan fingerprint density at radius 1 is 1.06 bits per heavy atom. The van der Waals surface area contributed by atoms with Crippen LogP contribution in [0.2, 0.25) is 0 Å². The Morgan fingerprint density at radius 2 is 1.84 bits per heavy atom. The summed E-state index contributed by atoms with van der Waals surface area (Å²) in [5, 5.41) is 4.69. The van der Waals surface area contributed by atoms with E-state index in [1.165, 1.54) is 13.3 Å². The Morgan fingerprint density at radius 3 is 2.45 bits per heavy atom. The third-order valence-corrected chi connectivity index (χ3v) is 4.71. The van der Waals surface area contributed by atoms with Gasteiger partial charge in [0.2, 0.25) is 0 Å². The quantitative estimate of drug-likeness (QED) is 0.624. The van der Waals surface area contributed by atoms with Gasteiger partial charge in [-0.25, -0.2) is 14.8 Å². The van der Waals surface area contributed by atoms with Gasteiger partial charge in [0.25, 0.3) is 5.91 Å². The molecule has 10 heteroatoms. The van der Waals surface area contributed by atoms with Gasteiger partial charge in [0, 0.05) is 26.4 Å². The number of nitrogens with zero attached hydrogens (tertiary/aromatic N) is 4. The van der Waals surface area contributed by atoms with Crippen LogP contribution in [0.4, 0.5) is 10.6 Å².